The van der Waals surface area contributed by atoms with Gasteiger partial charge < -0.3 is 9.52 Å². The molecule has 0 saturated carbocycles. The Hall–Kier alpha value is -1.36. The summed E-state index contributed by atoms with van der Waals surface area (Å²) in [7, 11) is 2.05. The minimum atomic E-state index is -0.809. The van der Waals surface area contributed by atoms with Crippen molar-refractivity contribution in [2.75, 3.05) is 13.6 Å². The van der Waals surface area contributed by atoms with Gasteiger partial charge in [-0.15, -0.1) is 0 Å². The second kappa shape index (κ2) is 4.65. The van der Waals surface area contributed by atoms with E-state index >= 15 is 0 Å². The zero-order chi connectivity index (χ0) is 11.5. The Balaban J connectivity index is 1.99. The van der Waals surface area contributed by atoms with Crippen LogP contribution >= 0.6 is 0 Å². The van der Waals surface area contributed by atoms with Gasteiger partial charge in [0, 0.05) is 6.42 Å². The van der Waals surface area contributed by atoms with Gasteiger partial charge in [0.2, 0.25) is 5.89 Å². The normalized spacial score (nSPS) is 21.4. The second-order valence-electron chi connectivity index (χ2n) is 4.20. The number of oxazole rings is 1. The fraction of sp³-hybridized carbons (Fsp3) is 0.636. The minimum Gasteiger partial charge on any atom is -0.481 e. The summed E-state index contributed by atoms with van der Waals surface area (Å²) in [5.41, 5.74) is 0. The molecule has 2 rings (SSSR count). The van der Waals surface area contributed by atoms with Crippen molar-refractivity contribution < 1.29 is 14.3 Å². The molecule has 1 saturated heterocycles. The molecule has 0 radical (unpaired) electrons. The molecular weight excluding hydrogens is 208 g/mol. The first-order chi connectivity index (χ1) is 7.66. The summed E-state index contributed by atoms with van der Waals surface area (Å²) >= 11 is 0. The SMILES string of the molecule is CN1CCCC1c1ncc(CCC(=O)O)o1. The second-order valence-corrected chi connectivity index (χ2v) is 4.20. The summed E-state index contributed by atoms with van der Waals surface area (Å²) in [6.45, 7) is 1.07. The summed E-state index contributed by atoms with van der Waals surface area (Å²) < 4.78 is 5.57. The third kappa shape index (κ3) is 2.41. The molecule has 5 heteroatoms. The number of hydrogen-bond acceptors (Lipinski definition) is 4. The van der Waals surface area contributed by atoms with E-state index in [4.69, 9.17) is 9.52 Å². The van der Waals surface area contributed by atoms with Crippen LogP contribution in [0.2, 0.25) is 0 Å². The first kappa shape index (κ1) is 11.1. The number of hydrogen-bond donors (Lipinski definition) is 1. The molecular formula is C11H16N2O3. The van der Waals surface area contributed by atoms with E-state index in [0.717, 1.165) is 25.3 Å². The van der Waals surface area contributed by atoms with E-state index in [-0.39, 0.29) is 12.5 Å². The van der Waals surface area contributed by atoms with Gasteiger partial charge in [-0.3, -0.25) is 9.69 Å². The van der Waals surface area contributed by atoms with Gasteiger partial charge in [-0.25, -0.2) is 4.98 Å². The van der Waals surface area contributed by atoms with E-state index in [1.807, 2.05) is 0 Å². The number of carboxylic acid groups (broad SMARTS) is 1. The summed E-state index contributed by atoms with van der Waals surface area (Å²) in [6.07, 6.45) is 4.38. The van der Waals surface area contributed by atoms with E-state index in [0.29, 0.717) is 12.2 Å². The third-order valence-corrected chi connectivity index (χ3v) is 2.96. The predicted octanol–water partition coefficient (Wildman–Crippen LogP) is 1.46. The van der Waals surface area contributed by atoms with Crippen molar-refractivity contribution in [3.63, 3.8) is 0 Å². The van der Waals surface area contributed by atoms with Crippen LogP contribution in [0.5, 0.6) is 0 Å². The van der Waals surface area contributed by atoms with Crippen LogP contribution in [0.15, 0.2) is 10.6 Å². The Bertz CT molecular complexity index is 375. The molecule has 0 aliphatic carbocycles. The van der Waals surface area contributed by atoms with E-state index in [1.165, 1.54) is 0 Å². The number of rotatable bonds is 4. The fourth-order valence-corrected chi connectivity index (χ4v) is 2.04. The number of carboxylic acids is 1. The monoisotopic (exact) mass is 224 g/mol. The van der Waals surface area contributed by atoms with E-state index in [1.54, 1.807) is 6.20 Å². The molecule has 1 unspecified atom stereocenters. The van der Waals surface area contributed by atoms with Crippen LogP contribution in [0.25, 0.3) is 0 Å². The van der Waals surface area contributed by atoms with Crippen LogP contribution in [0.3, 0.4) is 0 Å². The molecule has 88 valence electrons. The first-order valence-corrected chi connectivity index (χ1v) is 5.53. The molecule has 1 fully saturated rings. The van der Waals surface area contributed by atoms with Gasteiger partial charge in [-0.05, 0) is 26.4 Å². The highest BCUT2D eigenvalue weighted by molar-refractivity contribution is 5.66. The molecule has 0 aromatic carbocycles. The Kier molecular flexibility index (Phi) is 3.24. The molecule has 1 aliphatic rings. The number of aryl methyl sites for hydroxylation is 1. The average Bonchev–Trinajstić information content (AvgIpc) is 2.83. The molecule has 0 bridgehead atoms. The van der Waals surface area contributed by atoms with Gasteiger partial charge >= 0.3 is 5.97 Å². The lowest BCUT2D eigenvalue weighted by Gasteiger charge is -2.15. The van der Waals surface area contributed by atoms with Crippen molar-refractivity contribution in [1.29, 1.82) is 0 Å². The molecule has 1 aromatic heterocycles. The molecule has 2 heterocycles. The highest BCUT2D eigenvalue weighted by Gasteiger charge is 2.26. The molecule has 0 spiro atoms. The smallest absolute Gasteiger partial charge is 0.303 e. The molecule has 1 aliphatic heterocycles. The maximum absolute atomic E-state index is 10.4. The Morgan fingerprint density at radius 2 is 2.56 bits per heavy atom. The highest BCUT2D eigenvalue weighted by atomic mass is 16.4. The van der Waals surface area contributed by atoms with Crippen molar-refractivity contribution in [1.82, 2.24) is 9.88 Å². The molecule has 16 heavy (non-hydrogen) atoms. The van der Waals surface area contributed by atoms with Crippen LogP contribution in [0, 0.1) is 0 Å². The van der Waals surface area contributed by atoms with Crippen molar-refractivity contribution in [2.45, 2.75) is 31.7 Å². The van der Waals surface area contributed by atoms with Gasteiger partial charge in [0.15, 0.2) is 0 Å². The fourth-order valence-electron chi connectivity index (χ4n) is 2.04. The number of nitrogens with zero attached hydrogens (tertiary/aromatic N) is 2. The Morgan fingerprint density at radius 3 is 3.19 bits per heavy atom. The van der Waals surface area contributed by atoms with Crippen molar-refractivity contribution in [2.24, 2.45) is 0 Å². The summed E-state index contributed by atoms with van der Waals surface area (Å²) in [5, 5.41) is 8.56. The average molecular weight is 224 g/mol. The molecule has 5 nitrogen and oxygen atoms in total. The minimum absolute atomic E-state index is 0.0924. The van der Waals surface area contributed by atoms with Crippen LogP contribution < -0.4 is 0 Å². The zero-order valence-corrected chi connectivity index (χ0v) is 9.35. The maximum Gasteiger partial charge on any atom is 0.303 e. The van der Waals surface area contributed by atoms with Crippen molar-refractivity contribution in [3.8, 4) is 0 Å². The lowest BCUT2D eigenvalue weighted by atomic mass is 10.2. The van der Waals surface area contributed by atoms with Gasteiger partial charge in [0.1, 0.15) is 5.76 Å². The number of carbonyl (C=O) groups is 1. The summed E-state index contributed by atoms with van der Waals surface area (Å²) in [5.74, 6) is 0.578. The lowest BCUT2D eigenvalue weighted by Crippen LogP contribution is -2.17. The van der Waals surface area contributed by atoms with Crippen LogP contribution in [-0.2, 0) is 11.2 Å². The molecule has 1 N–H and O–H groups in total. The molecule has 1 atom stereocenters. The van der Waals surface area contributed by atoms with Gasteiger partial charge in [-0.2, -0.15) is 0 Å². The first-order valence-electron chi connectivity index (χ1n) is 5.53. The van der Waals surface area contributed by atoms with Crippen molar-refractivity contribution >= 4 is 5.97 Å². The predicted molar refractivity (Wildman–Crippen MR) is 57.1 cm³/mol. The maximum atomic E-state index is 10.4. The summed E-state index contributed by atoms with van der Waals surface area (Å²) in [4.78, 5) is 16.9. The highest BCUT2D eigenvalue weighted by Crippen LogP contribution is 2.29. The third-order valence-electron chi connectivity index (χ3n) is 2.96. The Labute approximate surface area is 94.1 Å². The summed E-state index contributed by atoms with van der Waals surface area (Å²) in [6, 6.07) is 0.263. The van der Waals surface area contributed by atoms with Crippen LogP contribution in [0.4, 0.5) is 0 Å². The van der Waals surface area contributed by atoms with Gasteiger partial charge in [-0.1, -0.05) is 0 Å². The zero-order valence-electron chi connectivity index (χ0n) is 9.35. The quantitative estimate of drug-likeness (QED) is 0.838. The van der Waals surface area contributed by atoms with Gasteiger partial charge in [0.05, 0.1) is 18.7 Å². The van der Waals surface area contributed by atoms with Crippen molar-refractivity contribution in [3.05, 3.63) is 17.8 Å². The molecule has 1 aromatic rings. The largest absolute Gasteiger partial charge is 0.481 e. The van der Waals surface area contributed by atoms with E-state index in [9.17, 15) is 4.79 Å². The Morgan fingerprint density at radius 1 is 1.75 bits per heavy atom. The van der Waals surface area contributed by atoms with Crippen LogP contribution in [-0.4, -0.2) is 34.6 Å². The number of aromatic nitrogens is 1. The topological polar surface area (TPSA) is 66.6 Å². The van der Waals surface area contributed by atoms with Crippen LogP contribution in [0.1, 0.15) is 37.0 Å². The molecule has 0 amide bonds. The van der Waals surface area contributed by atoms with E-state index in [2.05, 4.69) is 16.9 Å². The number of likely N-dealkylation sites (tertiary alicyclic amines) is 1. The standard InChI is InChI=1S/C11H16N2O3/c1-13-6-2-3-9(13)11-12-7-8(16-11)4-5-10(14)15/h7,9H,2-6H2,1H3,(H,14,15). The number of aliphatic carboxylic acids is 1. The van der Waals surface area contributed by atoms with Gasteiger partial charge in [0.25, 0.3) is 0 Å². The lowest BCUT2D eigenvalue weighted by molar-refractivity contribution is -0.137. The van der Waals surface area contributed by atoms with E-state index < -0.39 is 5.97 Å².